The maximum atomic E-state index is 10.1. The number of aliphatic hydroxyl groups excluding tert-OH is 1. The predicted molar refractivity (Wildman–Crippen MR) is 91.5 cm³/mol. The van der Waals surface area contributed by atoms with Crippen molar-refractivity contribution in [3.63, 3.8) is 0 Å². The monoisotopic (exact) mass is 344 g/mol. The molecule has 3 aliphatic carbocycles. The van der Waals surface area contributed by atoms with Crippen LogP contribution in [-0.2, 0) is 14.2 Å². The van der Waals surface area contributed by atoms with E-state index in [4.69, 9.17) is 14.2 Å². The van der Waals surface area contributed by atoms with E-state index in [0.29, 0.717) is 18.4 Å². The second-order valence-corrected chi connectivity index (χ2v) is 9.60. The van der Waals surface area contributed by atoms with Crippen molar-refractivity contribution in [3.8, 4) is 0 Å². The average Bonchev–Trinajstić information content (AvgIpc) is 3.20. The highest BCUT2D eigenvalue weighted by Crippen LogP contribution is 2.68. The van der Waals surface area contributed by atoms with Gasteiger partial charge in [0.05, 0.1) is 30.7 Å². The Bertz CT molecular complexity index is 711. The Balaban J connectivity index is 1.47. The molecule has 136 valence electrons. The second-order valence-electron chi connectivity index (χ2n) is 9.60. The molecule has 6 aliphatic rings. The van der Waals surface area contributed by atoms with E-state index in [0.717, 1.165) is 38.7 Å². The van der Waals surface area contributed by atoms with Crippen LogP contribution in [0.4, 0.5) is 0 Å². The van der Waals surface area contributed by atoms with Crippen molar-refractivity contribution >= 4 is 0 Å². The summed E-state index contributed by atoms with van der Waals surface area (Å²) in [6.45, 7) is 5.95. The lowest BCUT2D eigenvalue weighted by Crippen LogP contribution is -2.44. The minimum atomic E-state index is -0.450. The molecule has 1 N–H and O–H groups in total. The van der Waals surface area contributed by atoms with Gasteiger partial charge in [0.25, 0.3) is 0 Å². The van der Waals surface area contributed by atoms with E-state index in [1.54, 1.807) is 0 Å². The summed E-state index contributed by atoms with van der Waals surface area (Å²) < 4.78 is 18.8. The van der Waals surface area contributed by atoms with Gasteiger partial charge in [-0.3, -0.25) is 0 Å². The smallest absolute Gasteiger partial charge is 0.173 e. The molecule has 0 amide bonds. The summed E-state index contributed by atoms with van der Waals surface area (Å²) in [4.78, 5) is 0. The molecule has 4 heteroatoms. The Morgan fingerprint density at radius 2 is 2.04 bits per heavy atom. The minimum absolute atomic E-state index is 0.0532. The molecule has 0 unspecified atom stereocenters. The Hall–Kier alpha value is -0.840. The quantitative estimate of drug-likeness (QED) is 0.685. The highest BCUT2D eigenvalue weighted by atomic mass is 16.7. The SMILES string of the molecule is C[C@@]12OC[C@H]3OC4=C5CC=C6C[C@@H](O)CC[C@]6(C)[C@H]5CC[C@]4(CO1)[C@H]32. The third-order valence-corrected chi connectivity index (χ3v) is 8.52. The summed E-state index contributed by atoms with van der Waals surface area (Å²) in [5.74, 6) is 1.75. The number of ether oxygens (including phenoxy) is 3. The van der Waals surface area contributed by atoms with Crippen LogP contribution in [0.5, 0.6) is 0 Å². The fourth-order valence-corrected chi connectivity index (χ4v) is 7.27. The van der Waals surface area contributed by atoms with Crippen molar-refractivity contribution in [1.29, 1.82) is 0 Å². The van der Waals surface area contributed by atoms with E-state index in [-0.39, 0.29) is 23.0 Å². The van der Waals surface area contributed by atoms with E-state index >= 15 is 0 Å². The first kappa shape index (κ1) is 15.2. The second kappa shape index (κ2) is 4.52. The molecule has 3 aliphatic heterocycles. The fourth-order valence-electron chi connectivity index (χ4n) is 7.27. The highest BCUT2D eigenvalue weighted by molar-refractivity contribution is 5.40. The lowest BCUT2D eigenvalue weighted by atomic mass is 9.53. The normalized spacial score (nSPS) is 55.9. The fraction of sp³-hybridized carbons (Fsp3) is 0.810. The number of allylic oxidation sites excluding steroid dienone is 2. The van der Waals surface area contributed by atoms with Crippen LogP contribution in [0.15, 0.2) is 23.0 Å². The summed E-state index contributed by atoms with van der Waals surface area (Å²) in [5.41, 5.74) is 3.29. The third-order valence-electron chi connectivity index (χ3n) is 8.52. The first-order chi connectivity index (χ1) is 12.0. The molecule has 0 aromatic carbocycles. The molecule has 3 heterocycles. The Morgan fingerprint density at radius 1 is 1.16 bits per heavy atom. The van der Waals surface area contributed by atoms with Crippen molar-refractivity contribution in [1.82, 2.24) is 0 Å². The van der Waals surface area contributed by atoms with Gasteiger partial charge >= 0.3 is 0 Å². The van der Waals surface area contributed by atoms with Gasteiger partial charge < -0.3 is 19.3 Å². The molecule has 3 saturated heterocycles. The number of fused-ring (bicyclic) bond motifs is 3. The third kappa shape index (κ3) is 1.65. The Morgan fingerprint density at radius 3 is 2.92 bits per heavy atom. The molecule has 1 spiro atoms. The summed E-state index contributed by atoms with van der Waals surface area (Å²) in [6, 6.07) is 0. The van der Waals surface area contributed by atoms with E-state index < -0.39 is 5.79 Å². The van der Waals surface area contributed by atoms with Crippen LogP contribution in [-0.4, -0.2) is 36.3 Å². The van der Waals surface area contributed by atoms with Gasteiger partial charge in [0, 0.05) is 0 Å². The average molecular weight is 344 g/mol. The van der Waals surface area contributed by atoms with Crippen molar-refractivity contribution < 1.29 is 19.3 Å². The molecule has 0 bridgehead atoms. The molecular weight excluding hydrogens is 316 g/mol. The van der Waals surface area contributed by atoms with Gasteiger partial charge in [0.1, 0.15) is 11.9 Å². The molecule has 1 saturated carbocycles. The van der Waals surface area contributed by atoms with Gasteiger partial charge in [-0.2, -0.15) is 0 Å². The van der Waals surface area contributed by atoms with Gasteiger partial charge in [0.2, 0.25) is 0 Å². The molecule has 4 fully saturated rings. The van der Waals surface area contributed by atoms with Gasteiger partial charge in [-0.1, -0.05) is 18.6 Å². The zero-order chi connectivity index (χ0) is 17.0. The first-order valence-electron chi connectivity index (χ1n) is 10.0. The van der Waals surface area contributed by atoms with E-state index in [1.165, 1.54) is 23.3 Å². The van der Waals surface area contributed by atoms with Gasteiger partial charge in [-0.15, -0.1) is 0 Å². The Kier molecular flexibility index (Phi) is 2.76. The maximum absolute atomic E-state index is 10.1. The summed E-state index contributed by atoms with van der Waals surface area (Å²) in [6.07, 6.45) is 8.68. The lowest BCUT2D eigenvalue weighted by molar-refractivity contribution is -0.181. The largest absolute Gasteiger partial charge is 0.491 e. The van der Waals surface area contributed by atoms with Gasteiger partial charge in [-0.05, 0) is 62.4 Å². The molecule has 0 aromatic heterocycles. The van der Waals surface area contributed by atoms with Crippen LogP contribution in [0.2, 0.25) is 0 Å². The van der Waals surface area contributed by atoms with E-state index in [1.807, 2.05) is 0 Å². The number of hydrogen-bond donors (Lipinski definition) is 1. The maximum Gasteiger partial charge on any atom is 0.173 e. The standard InChI is InChI=1S/C21H28O4/c1-19-7-5-13(22)9-12(19)3-4-14-15(19)6-8-21-11-24-20(2)17(21)16(10-23-20)25-18(14)21/h3,13,15-17,22H,4-11H2,1-2H3/t13-,15-,16+,17+,19-,20+,21-/m0/s1. The van der Waals surface area contributed by atoms with Crippen LogP contribution in [0.25, 0.3) is 0 Å². The van der Waals surface area contributed by atoms with Crippen LogP contribution in [0.3, 0.4) is 0 Å². The Labute approximate surface area is 149 Å². The summed E-state index contributed by atoms with van der Waals surface area (Å²) >= 11 is 0. The molecule has 25 heavy (non-hydrogen) atoms. The van der Waals surface area contributed by atoms with E-state index in [2.05, 4.69) is 19.9 Å². The number of aliphatic hydroxyl groups is 1. The predicted octanol–water partition coefficient (Wildman–Crippen LogP) is 3.31. The minimum Gasteiger partial charge on any atom is -0.491 e. The molecule has 0 radical (unpaired) electrons. The van der Waals surface area contributed by atoms with Gasteiger partial charge in [0.15, 0.2) is 5.79 Å². The van der Waals surface area contributed by atoms with Crippen LogP contribution in [0, 0.1) is 22.7 Å². The molecule has 0 aromatic rings. The van der Waals surface area contributed by atoms with E-state index in [9.17, 15) is 5.11 Å². The zero-order valence-electron chi connectivity index (χ0n) is 15.2. The summed E-state index contributed by atoms with van der Waals surface area (Å²) in [5, 5.41) is 10.1. The van der Waals surface area contributed by atoms with Crippen molar-refractivity contribution in [3.05, 3.63) is 23.0 Å². The van der Waals surface area contributed by atoms with Crippen molar-refractivity contribution in [2.45, 2.75) is 70.4 Å². The molecular formula is C21H28O4. The van der Waals surface area contributed by atoms with Crippen LogP contribution >= 0.6 is 0 Å². The van der Waals surface area contributed by atoms with Crippen LogP contribution < -0.4 is 0 Å². The van der Waals surface area contributed by atoms with Gasteiger partial charge in [-0.25, -0.2) is 0 Å². The number of hydrogen-bond acceptors (Lipinski definition) is 4. The molecule has 4 nitrogen and oxygen atoms in total. The first-order valence-corrected chi connectivity index (χ1v) is 10.0. The van der Waals surface area contributed by atoms with Crippen LogP contribution in [0.1, 0.15) is 52.4 Å². The lowest BCUT2D eigenvalue weighted by Gasteiger charge is -2.51. The van der Waals surface area contributed by atoms with Crippen molar-refractivity contribution in [2.24, 2.45) is 22.7 Å². The zero-order valence-corrected chi connectivity index (χ0v) is 15.2. The number of rotatable bonds is 0. The van der Waals surface area contributed by atoms with Crippen molar-refractivity contribution in [2.75, 3.05) is 13.2 Å². The molecule has 6 rings (SSSR count). The summed E-state index contributed by atoms with van der Waals surface area (Å²) in [7, 11) is 0. The molecule has 7 atom stereocenters. The highest BCUT2D eigenvalue weighted by Gasteiger charge is 2.72. The topological polar surface area (TPSA) is 47.9 Å².